The van der Waals surface area contributed by atoms with Crippen LogP contribution in [-0.2, 0) is 0 Å². The van der Waals surface area contributed by atoms with Gasteiger partial charge in [-0.1, -0.05) is 6.92 Å². The first-order valence-electron chi connectivity index (χ1n) is 5.32. The lowest BCUT2D eigenvalue weighted by Gasteiger charge is -2.42. The van der Waals surface area contributed by atoms with Gasteiger partial charge in [0, 0.05) is 18.1 Å². The van der Waals surface area contributed by atoms with E-state index in [9.17, 15) is 0 Å². The van der Waals surface area contributed by atoms with E-state index in [0.29, 0.717) is 6.04 Å². The highest BCUT2D eigenvalue weighted by molar-refractivity contribution is 4.94. The predicted molar refractivity (Wildman–Crippen MR) is 51.0 cm³/mol. The molecular weight excluding hydrogens is 148 g/mol. The second-order valence-electron chi connectivity index (χ2n) is 4.33. The molecule has 1 aliphatic carbocycles. The lowest BCUT2D eigenvalue weighted by atomic mass is 9.86. The number of hydrogen-bond acceptors (Lipinski definition) is 2. The highest BCUT2D eigenvalue weighted by Crippen LogP contribution is 2.31. The zero-order valence-electron chi connectivity index (χ0n) is 8.00. The van der Waals surface area contributed by atoms with Crippen molar-refractivity contribution in [1.29, 1.82) is 0 Å². The SMILES string of the molecule is CCC1CCCN1C1CC(N)C1. The summed E-state index contributed by atoms with van der Waals surface area (Å²) < 4.78 is 0. The van der Waals surface area contributed by atoms with E-state index >= 15 is 0 Å². The molecule has 12 heavy (non-hydrogen) atoms. The summed E-state index contributed by atoms with van der Waals surface area (Å²) in [7, 11) is 0. The Morgan fingerprint density at radius 1 is 1.42 bits per heavy atom. The minimum Gasteiger partial charge on any atom is -0.328 e. The molecule has 2 fully saturated rings. The average molecular weight is 168 g/mol. The molecule has 1 heterocycles. The van der Waals surface area contributed by atoms with Gasteiger partial charge in [-0.05, 0) is 38.6 Å². The molecule has 2 heteroatoms. The fourth-order valence-electron chi connectivity index (χ4n) is 2.68. The fourth-order valence-corrected chi connectivity index (χ4v) is 2.68. The summed E-state index contributed by atoms with van der Waals surface area (Å²) in [6.07, 6.45) is 6.64. The van der Waals surface area contributed by atoms with Crippen LogP contribution in [0.15, 0.2) is 0 Å². The second-order valence-corrected chi connectivity index (χ2v) is 4.33. The number of nitrogens with zero attached hydrogens (tertiary/aromatic N) is 1. The molecule has 0 aromatic carbocycles. The molecule has 1 saturated carbocycles. The van der Waals surface area contributed by atoms with Gasteiger partial charge in [0.2, 0.25) is 0 Å². The monoisotopic (exact) mass is 168 g/mol. The van der Waals surface area contributed by atoms with Gasteiger partial charge in [0.25, 0.3) is 0 Å². The van der Waals surface area contributed by atoms with E-state index in [1.165, 1.54) is 38.6 Å². The number of nitrogens with two attached hydrogens (primary N) is 1. The molecule has 0 radical (unpaired) electrons. The first-order chi connectivity index (χ1) is 5.81. The Labute approximate surface area is 75.1 Å². The van der Waals surface area contributed by atoms with Gasteiger partial charge in [0.15, 0.2) is 0 Å². The molecule has 2 nitrogen and oxygen atoms in total. The molecule has 1 unspecified atom stereocenters. The Bertz CT molecular complexity index is 152. The van der Waals surface area contributed by atoms with Crippen LogP contribution in [0.3, 0.4) is 0 Å². The molecule has 2 rings (SSSR count). The van der Waals surface area contributed by atoms with E-state index in [2.05, 4.69) is 11.8 Å². The number of hydrogen-bond donors (Lipinski definition) is 1. The Hall–Kier alpha value is -0.0800. The van der Waals surface area contributed by atoms with Gasteiger partial charge in [-0.3, -0.25) is 4.90 Å². The molecule has 0 spiro atoms. The smallest absolute Gasteiger partial charge is 0.0128 e. The van der Waals surface area contributed by atoms with Crippen LogP contribution in [0.25, 0.3) is 0 Å². The Morgan fingerprint density at radius 3 is 2.75 bits per heavy atom. The summed E-state index contributed by atoms with van der Waals surface area (Å²) in [5.74, 6) is 0. The van der Waals surface area contributed by atoms with Gasteiger partial charge < -0.3 is 5.73 Å². The van der Waals surface area contributed by atoms with E-state index in [-0.39, 0.29) is 0 Å². The average Bonchev–Trinajstić information content (AvgIpc) is 2.45. The molecular formula is C10H20N2. The van der Waals surface area contributed by atoms with Gasteiger partial charge in [-0.2, -0.15) is 0 Å². The minimum atomic E-state index is 0.508. The van der Waals surface area contributed by atoms with Crippen LogP contribution >= 0.6 is 0 Å². The van der Waals surface area contributed by atoms with Crippen LogP contribution in [0, 0.1) is 0 Å². The van der Waals surface area contributed by atoms with Crippen molar-refractivity contribution in [3.63, 3.8) is 0 Å². The Balaban J connectivity index is 1.86. The molecule has 0 amide bonds. The van der Waals surface area contributed by atoms with E-state index in [1.54, 1.807) is 0 Å². The summed E-state index contributed by atoms with van der Waals surface area (Å²) >= 11 is 0. The highest BCUT2D eigenvalue weighted by atomic mass is 15.2. The van der Waals surface area contributed by atoms with Crippen molar-refractivity contribution in [1.82, 2.24) is 4.90 Å². The number of rotatable bonds is 2. The predicted octanol–water partition coefficient (Wildman–Crippen LogP) is 1.35. The summed E-state index contributed by atoms with van der Waals surface area (Å²) in [5.41, 5.74) is 5.80. The molecule has 1 aliphatic heterocycles. The quantitative estimate of drug-likeness (QED) is 0.674. The van der Waals surface area contributed by atoms with Crippen molar-refractivity contribution >= 4 is 0 Å². The maximum Gasteiger partial charge on any atom is 0.0128 e. The molecule has 2 aliphatic rings. The van der Waals surface area contributed by atoms with Gasteiger partial charge in [0.1, 0.15) is 0 Å². The van der Waals surface area contributed by atoms with Gasteiger partial charge >= 0.3 is 0 Å². The highest BCUT2D eigenvalue weighted by Gasteiger charge is 2.36. The van der Waals surface area contributed by atoms with Gasteiger partial charge in [-0.15, -0.1) is 0 Å². The fraction of sp³-hybridized carbons (Fsp3) is 1.00. The minimum absolute atomic E-state index is 0.508. The summed E-state index contributed by atoms with van der Waals surface area (Å²) in [5, 5.41) is 0. The largest absolute Gasteiger partial charge is 0.328 e. The molecule has 1 saturated heterocycles. The molecule has 0 aromatic heterocycles. The molecule has 70 valence electrons. The van der Waals surface area contributed by atoms with Gasteiger partial charge in [0.05, 0.1) is 0 Å². The third-order valence-electron chi connectivity index (χ3n) is 3.51. The van der Waals surface area contributed by atoms with E-state index < -0.39 is 0 Å². The maximum absolute atomic E-state index is 5.80. The van der Waals surface area contributed by atoms with Crippen LogP contribution < -0.4 is 5.73 Å². The molecule has 2 N–H and O–H groups in total. The van der Waals surface area contributed by atoms with Gasteiger partial charge in [-0.25, -0.2) is 0 Å². The zero-order valence-corrected chi connectivity index (χ0v) is 8.00. The van der Waals surface area contributed by atoms with Crippen molar-refractivity contribution in [2.45, 2.75) is 57.2 Å². The second kappa shape index (κ2) is 3.35. The topological polar surface area (TPSA) is 29.3 Å². The van der Waals surface area contributed by atoms with Crippen LogP contribution in [-0.4, -0.2) is 29.6 Å². The summed E-state index contributed by atoms with van der Waals surface area (Å²) in [6, 6.07) is 2.23. The third kappa shape index (κ3) is 1.38. The van der Waals surface area contributed by atoms with Crippen LogP contribution in [0.4, 0.5) is 0 Å². The van der Waals surface area contributed by atoms with Crippen LogP contribution in [0.2, 0.25) is 0 Å². The molecule has 0 bridgehead atoms. The van der Waals surface area contributed by atoms with E-state index in [0.717, 1.165) is 12.1 Å². The van der Waals surface area contributed by atoms with Crippen molar-refractivity contribution in [3.05, 3.63) is 0 Å². The Kier molecular flexibility index (Phi) is 2.37. The normalized spacial score (nSPS) is 43.0. The standard InChI is InChI=1S/C10H20N2/c1-2-9-4-3-5-12(9)10-6-8(11)7-10/h8-10H,2-7,11H2,1H3. The van der Waals surface area contributed by atoms with E-state index in [4.69, 9.17) is 5.73 Å². The summed E-state index contributed by atoms with van der Waals surface area (Å²) in [6.45, 7) is 3.64. The number of likely N-dealkylation sites (tertiary alicyclic amines) is 1. The Morgan fingerprint density at radius 2 is 2.17 bits per heavy atom. The zero-order chi connectivity index (χ0) is 8.55. The summed E-state index contributed by atoms with van der Waals surface area (Å²) in [4.78, 5) is 2.70. The first-order valence-corrected chi connectivity index (χ1v) is 5.32. The van der Waals surface area contributed by atoms with E-state index in [1.807, 2.05) is 0 Å². The van der Waals surface area contributed by atoms with Crippen molar-refractivity contribution in [2.24, 2.45) is 5.73 Å². The van der Waals surface area contributed by atoms with Crippen molar-refractivity contribution < 1.29 is 0 Å². The van der Waals surface area contributed by atoms with Crippen molar-refractivity contribution in [3.8, 4) is 0 Å². The van der Waals surface area contributed by atoms with Crippen molar-refractivity contribution in [2.75, 3.05) is 6.54 Å². The maximum atomic E-state index is 5.80. The molecule has 1 atom stereocenters. The first kappa shape index (κ1) is 8.52. The lowest BCUT2D eigenvalue weighted by Crippen LogP contribution is -2.52. The third-order valence-corrected chi connectivity index (χ3v) is 3.51. The van der Waals surface area contributed by atoms with Crippen LogP contribution in [0.1, 0.15) is 39.0 Å². The lowest BCUT2D eigenvalue weighted by molar-refractivity contribution is 0.0964. The van der Waals surface area contributed by atoms with Crippen LogP contribution in [0.5, 0.6) is 0 Å². The molecule has 0 aromatic rings.